The normalized spacial score (nSPS) is 18.5. The van der Waals surface area contributed by atoms with Gasteiger partial charge in [0.1, 0.15) is 0 Å². The molecule has 3 aromatic heterocycles. The van der Waals surface area contributed by atoms with E-state index in [1.165, 1.54) is 0 Å². The van der Waals surface area contributed by atoms with Crippen molar-refractivity contribution in [2.45, 2.75) is 19.8 Å². The van der Waals surface area contributed by atoms with Crippen LogP contribution < -0.4 is 4.90 Å². The molecule has 126 valence electrons. The predicted molar refractivity (Wildman–Crippen MR) is 93.6 cm³/mol. The molecule has 1 aliphatic rings. The molecule has 0 amide bonds. The molecular formula is C16H20N6OS. The van der Waals surface area contributed by atoms with Crippen LogP contribution in [0.25, 0.3) is 10.3 Å². The van der Waals surface area contributed by atoms with Crippen LogP contribution in [0.4, 0.5) is 5.13 Å². The van der Waals surface area contributed by atoms with Crippen molar-refractivity contribution in [1.29, 1.82) is 0 Å². The average molecular weight is 344 g/mol. The molecule has 0 aromatic carbocycles. The van der Waals surface area contributed by atoms with Gasteiger partial charge in [-0.25, -0.2) is 14.6 Å². The summed E-state index contributed by atoms with van der Waals surface area (Å²) in [5.74, 6) is 0.656. The summed E-state index contributed by atoms with van der Waals surface area (Å²) in [5.41, 5.74) is 1.93. The van der Waals surface area contributed by atoms with Gasteiger partial charge in [-0.2, -0.15) is 5.10 Å². The smallest absolute Gasteiger partial charge is 0.203 e. The zero-order valence-corrected chi connectivity index (χ0v) is 14.9. The minimum Gasteiger partial charge on any atom is -0.347 e. The summed E-state index contributed by atoms with van der Waals surface area (Å²) in [6.07, 6.45) is 5.40. The number of carbonyl (C=O) groups is 1. The number of imidazole rings is 1. The van der Waals surface area contributed by atoms with Gasteiger partial charge in [-0.1, -0.05) is 11.3 Å². The molecule has 1 atom stereocenters. The number of aryl methyl sites for hydroxylation is 3. The average Bonchev–Trinajstić information content (AvgIpc) is 3.25. The van der Waals surface area contributed by atoms with Gasteiger partial charge in [0.25, 0.3) is 0 Å². The molecule has 4 rings (SSSR count). The van der Waals surface area contributed by atoms with Gasteiger partial charge < -0.3 is 9.47 Å². The highest BCUT2D eigenvalue weighted by Gasteiger charge is 2.30. The second-order valence-corrected chi connectivity index (χ2v) is 7.35. The van der Waals surface area contributed by atoms with Crippen molar-refractivity contribution < 1.29 is 4.79 Å². The number of thiazole rings is 1. The molecule has 0 radical (unpaired) electrons. The quantitative estimate of drug-likeness (QED) is 0.681. The number of carbonyl (C=O) groups excluding carboxylic acids is 1. The van der Waals surface area contributed by atoms with E-state index < -0.39 is 0 Å². The van der Waals surface area contributed by atoms with E-state index in [0.29, 0.717) is 12.4 Å². The highest BCUT2D eigenvalue weighted by Crippen LogP contribution is 2.33. The Bertz CT molecular complexity index is 873. The summed E-state index contributed by atoms with van der Waals surface area (Å²) < 4.78 is 4.75. The zero-order chi connectivity index (χ0) is 16.8. The van der Waals surface area contributed by atoms with Gasteiger partial charge in [-0.15, -0.1) is 0 Å². The standard InChI is InChI=1S/C16H20N6OS/c1-10-13-15(21(3)19-10)18-16(24-13)22-7-4-5-11(9-22)12(23)14-17-6-8-20(14)2/h6,8,11H,4-5,7,9H2,1-3H3/t11-/m0/s1. The van der Waals surface area contributed by atoms with Crippen LogP contribution in [0.15, 0.2) is 12.4 Å². The zero-order valence-electron chi connectivity index (χ0n) is 14.1. The summed E-state index contributed by atoms with van der Waals surface area (Å²) >= 11 is 1.66. The Morgan fingerprint density at radius 2 is 2.21 bits per heavy atom. The third-order valence-corrected chi connectivity index (χ3v) is 5.85. The van der Waals surface area contributed by atoms with Crippen molar-refractivity contribution in [3.8, 4) is 0 Å². The first-order valence-electron chi connectivity index (χ1n) is 8.11. The van der Waals surface area contributed by atoms with Crippen molar-refractivity contribution in [3.63, 3.8) is 0 Å². The molecule has 0 spiro atoms. The number of fused-ring (bicyclic) bond motifs is 1. The van der Waals surface area contributed by atoms with E-state index in [-0.39, 0.29) is 11.7 Å². The number of piperidine rings is 1. The Labute approximate surface area is 143 Å². The first-order chi connectivity index (χ1) is 11.5. The summed E-state index contributed by atoms with van der Waals surface area (Å²) in [4.78, 5) is 23.9. The first kappa shape index (κ1) is 15.3. The molecule has 24 heavy (non-hydrogen) atoms. The van der Waals surface area contributed by atoms with Crippen molar-refractivity contribution in [3.05, 3.63) is 23.9 Å². The number of hydrogen-bond donors (Lipinski definition) is 0. The summed E-state index contributed by atoms with van der Waals surface area (Å²) in [5, 5.41) is 5.39. The fourth-order valence-electron chi connectivity index (χ4n) is 3.36. The molecule has 1 fully saturated rings. The lowest BCUT2D eigenvalue weighted by molar-refractivity contribution is 0.0893. The van der Waals surface area contributed by atoms with Crippen LogP contribution in [0, 0.1) is 12.8 Å². The van der Waals surface area contributed by atoms with Crippen LogP contribution in [-0.4, -0.2) is 43.2 Å². The summed E-state index contributed by atoms with van der Waals surface area (Å²) in [6, 6.07) is 0. The van der Waals surface area contributed by atoms with E-state index in [9.17, 15) is 4.79 Å². The topological polar surface area (TPSA) is 68.8 Å². The Hall–Kier alpha value is -2.22. The molecular weight excluding hydrogens is 324 g/mol. The Kier molecular flexibility index (Phi) is 3.64. The van der Waals surface area contributed by atoms with E-state index in [1.807, 2.05) is 31.9 Å². The number of nitrogens with zero attached hydrogens (tertiary/aromatic N) is 6. The van der Waals surface area contributed by atoms with Gasteiger partial charge >= 0.3 is 0 Å². The fraction of sp³-hybridized carbons (Fsp3) is 0.500. The highest BCUT2D eigenvalue weighted by atomic mass is 32.1. The fourth-order valence-corrected chi connectivity index (χ4v) is 4.43. The molecule has 0 unspecified atom stereocenters. The van der Waals surface area contributed by atoms with Gasteiger partial charge in [0, 0.05) is 45.5 Å². The molecule has 4 heterocycles. The lowest BCUT2D eigenvalue weighted by Gasteiger charge is -2.31. The number of rotatable bonds is 3. The molecule has 0 N–H and O–H groups in total. The number of hydrogen-bond acceptors (Lipinski definition) is 6. The monoisotopic (exact) mass is 344 g/mol. The lowest BCUT2D eigenvalue weighted by atomic mass is 9.93. The van der Waals surface area contributed by atoms with Crippen LogP contribution in [0.3, 0.4) is 0 Å². The van der Waals surface area contributed by atoms with Crippen LogP contribution in [0.1, 0.15) is 29.2 Å². The van der Waals surface area contributed by atoms with Crippen LogP contribution in [0.2, 0.25) is 0 Å². The van der Waals surface area contributed by atoms with Gasteiger partial charge in [0.05, 0.1) is 10.4 Å². The molecule has 0 saturated carbocycles. The van der Waals surface area contributed by atoms with Crippen molar-refractivity contribution in [1.82, 2.24) is 24.3 Å². The third kappa shape index (κ3) is 2.41. The Balaban J connectivity index is 1.59. The molecule has 1 aliphatic heterocycles. The summed E-state index contributed by atoms with van der Waals surface area (Å²) in [6.45, 7) is 3.66. The molecule has 7 nitrogen and oxygen atoms in total. The van der Waals surface area contributed by atoms with Crippen molar-refractivity contribution in [2.75, 3.05) is 18.0 Å². The van der Waals surface area contributed by atoms with Crippen LogP contribution in [0.5, 0.6) is 0 Å². The number of ketones is 1. The van der Waals surface area contributed by atoms with E-state index >= 15 is 0 Å². The molecule has 0 bridgehead atoms. The van der Waals surface area contributed by atoms with E-state index in [1.54, 1.807) is 22.1 Å². The second kappa shape index (κ2) is 5.70. The van der Waals surface area contributed by atoms with Crippen molar-refractivity contribution in [2.24, 2.45) is 20.0 Å². The van der Waals surface area contributed by atoms with E-state index in [0.717, 1.165) is 40.6 Å². The molecule has 3 aromatic rings. The van der Waals surface area contributed by atoms with Crippen molar-refractivity contribution >= 4 is 32.6 Å². The minimum absolute atomic E-state index is 0.0221. The van der Waals surface area contributed by atoms with E-state index in [2.05, 4.69) is 15.0 Å². The van der Waals surface area contributed by atoms with Gasteiger partial charge in [0.2, 0.25) is 5.78 Å². The summed E-state index contributed by atoms with van der Waals surface area (Å²) in [7, 11) is 3.78. The number of aromatic nitrogens is 5. The second-order valence-electron chi connectivity index (χ2n) is 6.37. The van der Waals surface area contributed by atoms with Crippen LogP contribution >= 0.6 is 11.3 Å². The molecule has 8 heteroatoms. The number of anilines is 1. The lowest BCUT2D eigenvalue weighted by Crippen LogP contribution is -2.39. The third-order valence-electron chi connectivity index (χ3n) is 4.64. The minimum atomic E-state index is -0.0221. The van der Waals surface area contributed by atoms with Gasteiger partial charge in [0.15, 0.2) is 16.6 Å². The highest BCUT2D eigenvalue weighted by molar-refractivity contribution is 7.22. The maximum Gasteiger partial charge on any atom is 0.203 e. The maximum absolute atomic E-state index is 12.7. The predicted octanol–water partition coefficient (Wildman–Crippen LogP) is 2.17. The van der Waals surface area contributed by atoms with Gasteiger partial charge in [-0.05, 0) is 19.8 Å². The Morgan fingerprint density at radius 3 is 2.92 bits per heavy atom. The van der Waals surface area contributed by atoms with E-state index in [4.69, 9.17) is 4.98 Å². The molecule has 0 aliphatic carbocycles. The number of Topliss-reactive ketones (excluding diaryl/α,β-unsaturated/α-hetero) is 1. The van der Waals surface area contributed by atoms with Crippen LogP contribution in [-0.2, 0) is 14.1 Å². The van der Waals surface area contributed by atoms with Gasteiger partial charge in [-0.3, -0.25) is 4.79 Å². The molecule has 1 saturated heterocycles. The Morgan fingerprint density at radius 1 is 1.38 bits per heavy atom. The largest absolute Gasteiger partial charge is 0.347 e. The maximum atomic E-state index is 12.7. The first-order valence-corrected chi connectivity index (χ1v) is 8.93. The SMILES string of the molecule is Cc1nn(C)c2nc(N3CCC[C@H](C(=O)c4nccn4C)C3)sc12.